The minimum Gasteiger partial charge on any atom is -0.493 e. The van der Waals surface area contributed by atoms with Crippen molar-refractivity contribution in [1.82, 2.24) is 9.55 Å². The molecule has 0 spiro atoms. The summed E-state index contributed by atoms with van der Waals surface area (Å²) in [5.74, 6) is 1.92. The molecule has 21 heavy (non-hydrogen) atoms. The Kier molecular flexibility index (Phi) is 4.83. The summed E-state index contributed by atoms with van der Waals surface area (Å²) in [5.41, 5.74) is 0.605. The summed E-state index contributed by atoms with van der Waals surface area (Å²) in [6.45, 7) is 7.11. The van der Waals surface area contributed by atoms with Crippen molar-refractivity contribution in [2.75, 3.05) is 13.7 Å². The Balaban J connectivity index is 2.56. The monoisotopic (exact) mass is 290 g/mol. The molecule has 0 radical (unpaired) electrons. The molecule has 1 aromatic heterocycles. The largest absolute Gasteiger partial charge is 0.493 e. The first-order chi connectivity index (χ1) is 10.1. The van der Waals surface area contributed by atoms with Gasteiger partial charge in [0.2, 0.25) is 0 Å². The minimum absolute atomic E-state index is 0.0431. The first kappa shape index (κ1) is 15.4. The molecule has 5 heteroatoms. The molecule has 0 amide bonds. The fourth-order valence-corrected chi connectivity index (χ4v) is 2.31. The molecule has 0 atom stereocenters. The summed E-state index contributed by atoms with van der Waals surface area (Å²) in [6.07, 6.45) is 2.04. The van der Waals surface area contributed by atoms with E-state index in [1.165, 1.54) is 0 Å². The molecule has 1 heterocycles. The summed E-state index contributed by atoms with van der Waals surface area (Å²) in [7, 11) is 1.58. The molecule has 0 aliphatic carbocycles. The Morgan fingerprint density at radius 3 is 2.62 bits per heavy atom. The predicted octanol–water partition coefficient (Wildman–Crippen LogP) is 2.91. The maximum atomic E-state index is 12.4. The van der Waals surface area contributed by atoms with E-state index in [0.29, 0.717) is 41.4 Å². The zero-order valence-corrected chi connectivity index (χ0v) is 13.1. The van der Waals surface area contributed by atoms with Crippen LogP contribution in [-0.4, -0.2) is 23.3 Å². The molecular formula is C16H22N2O3. The zero-order chi connectivity index (χ0) is 15.4. The summed E-state index contributed by atoms with van der Waals surface area (Å²) in [5, 5.41) is 0.558. The Labute approximate surface area is 124 Å². The van der Waals surface area contributed by atoms with Crippen molar-refractivity contribution in [3.8, 4) is 11.5 Å². The van der Waals surface area contributed by atoms with Crippen molar-refractivity contribution < 1.29 is 9.47 Å². The van der Waals surface area contributed by atoms with E-state index < -0.39 is 0 Å². The van der Waals surface area contributed by atoms with Crippen LogP contribution in [0.1, 0.15) is 32.5 Å². The SMILES string of the molecule is CCCCOc1cc2nc(C)n(CC)c(=O)c2cc1OC. The van der Waals surface area contributed by atoms with Crippen molar-refractivity contribution in [2.24, 2.45) is 0 Å². The van der Waals surface area contributed by atoms with Crippen LogP contribution in [0.5, 0.6) is 11.5 Å². The molecule has 2 rings (SSSR count). The smallest absolute Gasteiger partial charge is 0.261 e. The molecule has 5 nitrogen and oxygen atoms in total. The number of unbranched alkanes of at least 4 members (excludes halogenated alkanes) is 1. The number of ether oxygens (including phenoxy) is 2. The lowest BCUT2D eigenvalue weighted by molar-refractivity contribution is 0.289. The van der Waals surface area contributed by atoms with Crippen LogP contribution in [0, 0.1) is 6.92 Å². The molecule has 2 aromatic rings. The number of nitrogens with zero attached hydrogens (tertiary/aromatic N) is 2. The lowest BCUT2D eigenvalue weighted by atomic mass is 10.2. The number of fused-ring (bicyclic) bond motifs is 1. The number of aromatic nitrogens is 2. The van der Waals surface area contributed by atoms with Crippen LogP contribution in [0.15, 0.2) is 16.9 Å². The van der Waals surface area contributed by atoms with E-state index in [0.717, 1.165) is 12.8 Å². The van der Waals surface area contributed by atoms with E-state index in [4.69, 9.17) is 9.47 Å². The highest BCUT2D eigenvalue weighted by atomic mass is 16.5. The molecule has 0 aliphatic rings. The molecule has 0 aliphatic heterocycles. The van der Waals surface area contributed by atoms with Gasteiger partial charge in [-0.1, -0.05) is 13.3 Å². The molecule has 0 unspecified atom stereocenters. The van der Waals surface area contributed by atoms with E-state index >= 15 is 0 Å². The molecule has 1 aromatic carbocycles. The van der Waals surface area contributed by atoms with Gasteiger partial charge in [0.25, 0.3) is 5.56 Å². The van der Waals surface area contributed by atoms with Crippen molar-refractivity contribution in [3.05, 3.63) is 28.3 Å². The zero-order valence-electron chi connectivity index (χ0n) is 13.1. The van der Waals surface area contributed by atoms with Gasteiger partial charge in [-0.25, -0.2) is 4.98 Å². The van der Waals surface area contributed by atoms with E-state index in [1.807, 2.05) is 13.8 Å². The molecular weight excluding hydrogens is 268 g/mol. The van der Waals surface area contributed by atoms with Crippen LogP contribution in [0.4, 0.5) is 0 Å². The molecule has 0 fully saturated rings. The van der Waals surface area contributed by atoms with Gasteiger partial charge in [0, 0.05) is 12.6 Å². The fraction of sp³-hybridized carbons (Fsp3) is 0.500. The predicted molar refractivity (Wildman–Crippen MR) is 83.4 cm³/mol. The highest BCUT2D eigenvalue weighted by Gasteiger charge is 2.13. The van der Waals surface area contributed by atoms with Gasteiger partial charge in [-0.05, 0) is 26.3 Å². The van der Waals surface area contributed by atoms with Gasteiger partial charge in [0.1, 0.15) is 5.82 Å². The second kappa shape index (κ2) is 6.61. The number of hydrogen-bond donors (Lipinski definition) is 0. The summed E-state index contributed by atoms with van der Waals surface area (Å²) < 4.78 is 12.7. The first-order valence-corrected chi connectivity index (χ1v) is 7.34. The first-order valence-electron chi connectivity index (χ1n) is 7.34. The van der Waals surface area contributed by atoms with Gasteiger partial charge in [-0.2, -0.15) is 0 Å². The van der Waals surface area contributed by atoms with Gasteiger partial charge in [-0.3, -0.25) is 9.36 Å². The maximum Gasteiger partial charge on any atom is 0.261 e. The second-order valence-corrected chi connectivity index (χ2v) is 4.93. The molecule has 0 saturated heterocycles. The third kappa shape index (κ3) is 3.01. The van der Waals surface area contributed by atoms with Gasteiger partial charge < -0.3 is 9.47 Å². The number of aryl methyl sites for hydroxylation is 1. The van der Waals surface area contributed by atoms with Crippen LogP contribution in [0.25, 0.3) is 10.9 Å². The average Bonchev–Trinajstić information content (AvgIpc) is 2.47. The fourth-order valence-electron chi connectivity index (χ4n) is 2.31. The third-order valence-electron chi connectivity index (χ3n) is 3.50. The van der Waals surface area contributed by atoms with Gasteiger partial charge >= 0.3 is 0 Å². The Morgan fingerprint density at radius 2 is 2.00 bits per heavy atom. The highest BCUT2D eigenvalue weighted by molar-refractivity contribution is 5.82. The molecule has 0 N–H and O–H groups in total. The van der Waals surface area contributed by atoms with Crippen LogP contribution < -0.4 is 15.0 Å². The van der Waals surface area contributed by atoms with Crippen LogP contribution in [-0.2, 0) is 6.54 Å². The Bertz CT molecular complexity index is 692. The number of rotatable bonds is 6. The normalized spacial score (nSPS) is 10.9. The van der Waals surface area contributed by atoms with Crippen LogP contribution in [0.3, 0.4) is 0 Å². The third-order valence-corrected chi connectivity index (χ3v) is 3.50. The van der Waals surface area contributed by atoms with Crippen LogP contribution >= 0.6 is 0 Å². The van der Waals surface area contributed by atoms with Crippen molar-refractivity contribution in [1.29, 1.82) is 0 Å². The van der Waals surface area contributed by atoms with Gasteiger partial charge in [0.15, 0.2) is 11.5 Å². The van der Waals surface area contributed by atoms with Crippen molar-refractivity contribution in [3.63, 3.8) is 0 Å². The van der Waals surface area contributed by atoms with E-state index in [9.17, 15) is 4.79 Å². The van der Waals surface area contributed by atoms with Crippen LogP contribution in [0.2, 0.25) is 0 Å². The second-order valence-electron chi connectivity index (χ2n) is 4.93. The Hall–Kier alpha value is -2.04. The lowest BCUT2D eigenvalue weighted by Gasteiger charge is -2.13. The quantitative estimate of drug-likeness (QED) is 0.768. The standard InChI is InChI=1S/C16H22N2O3/c1-5-7-8-21-15-10-13-12(9-14(15)20-4)16(19)18(6-2)11(3)17-13/h9-10H,5-8H2,1-4H3. The maximum absolute atomic E-state index is 12.4. The minimum atomic E-state index is -0.0431. The van der Waals surface area contributed by atoms with Gasteiger partial charge in [-0.15, -0.1) is 0 Å². The molecule has 0 saturated carbocycles. The van der Waals surface area contributed by atoms with E-state index in [2.05, 4.69) is 11.9 Å². The molecule has 0 bridgehead atoms. The summed E-state index contributed by atoms with van der Waals surface area (Å²) >= 11 is 0. The molecule has 114 valence electrons. The number of methoxy groups -OCH3 is 1. The topological polar surface area (TPSA) is 53.4 Å². The van der Waals surface area contributed by atoms with E-state index in [1.54, 1.807) is 23.8 Å². The average molecular weight is 290 g/mol. The summed E-state index contributed by atoms with van der Waals surface area (Å²) in [4.78, 5) is 16.9. The van der Waals surface area contributed by atoms with Gasteiger partial charge in [0.05, 0.1) is 24.6 Å². The highest BCUT2D eigenvalue weighted by Crippen LogP contribution is 2.30. The van der Waals surface area contributed by atoms with E-state index in [-0.39, 0.29) is 5.56 Å². The number of benzene rings is 1. The number of hydrogen-bond acceptors (Lipinski definition) is 4. The summed E-state index contributed by atoms with van der Waals surface area (Å²) in [6, 6.07) is 3.51. The lowest BCUT2D eigenvalue weighted by Crippen LogP contribution is -2.23. The van der Waals surface area contributed by atoms with Crippen molar-refractivity contribution in [2.45, 2.75) is 40.2 Å². The van der Waals surface area contributed by atoms with Crippen molar-refractivity contribution >= 4 is 10.9 Å². The Morgan fingerprint density at radius 1 is 1.24 bits per heavy atom.